The summed E-state index contributed by atoms with van der Waals surface area (Å²) >= 11 is 0. The van der Waals surface area contributed by atoms with Crippen molar-refractivity contribution in [2.75, 3.05) is 33.0 Å². The molecule has 1 amide bonds. The summed E-state index contributed by atoms with van der Waals surface area (Å²) in [5, 5.41) is 54.2. The molecule has 0 radical (unpaired) electrons. The van der Waals surface area contributed by atoms with Gasteiger partial charge in [0.1, 0.15) is 48.8 Å². The number of ether oxygens (including phenoxy) is 5. The van der Waals surface area contributed by atoms with E-state index in [-0.39, 0.29) is 19.1 Å². The summed E-state index contributed by atoms with van der Waals surface area (Å²) in [5.41, 5.74) is 0. The molecule has 10 atom stereocenters. The normalized spacial score (nSPS) is 42.7. The number of aliphatic hydroxyl groups is 5. The van der Waals surface area contributed by atoms with Gasteiger partial charge in [-0.1, -0.05) is 0 Å². The number of amides is 1. The van der Waals surface area contributed by atoms with E-state index in [4.69, 9.17) is 23.7 Å². The van der Waals surface area contributed by atoms with Gasteiger partial charge < -0.3 is 54.5 Å². The molecule has 6 rings (SSSR count). The van der Waals surface area contributed by atoms with Crippen molar-refractivity contribution < 1.29 is 54.0 Å². The predicted molar refractivity (Wildman–Crippen MR) is 106 cm³/mol. The van der Waals surface area contributed by atoms with Crippen molar-refractivity contribution in [2.45, 2.75) is 87.4 Å². The number of carbonyl (C=O) groups excluding carboxylic acids is 1. The molecule has 6 fully saturated rings. The molecule has 186 valence electrons. The molecule has 12 nitrogen and oxygen atoms in total. The Morgan fingerprint density at radius 2 is 1.72 bits per heavy atom. The number of nitrogens with one attached hydrogen (secondary N) is 1. The van der Waals surface area contributed by atoms with Gasteiger partial charge in [0.05, 0.1) is 19.3 Å². The van der Waals surface area contributed by atoms with Crippen LogP contribution in [0, 0.1) is 0 Å². The highest BCUT2D eigenvalue weighted by Gasteiger charge is 2.51. The van der Waals surface area contributed by atoms with Crippen molar-refractivity contribution in [2.24, 2.45) is 0 Å². The summed E-state index contributed by atoms with van der Waals surface area (Å²) in [6, 6.07) is 0. The SMILES string of the molecule is CC(=O)NCCCO[C@H]1[C@H]2CCCO[C@H]3[C@H](O)[C@@H](O)C(OC([C@@H](CO)O2)[C@@H]1O)O[C@@H]3CO. The highest BCUT2D eigenvalue weighted by Crippen LogP contribution is 2.33. The Kier molecular flexibility index (Phi) is 9.61. The molecule has 6 saturated heterocycles. The van der Waals surface area contributed by atoms with Crippen LogP contribution in [0.5, 0.6) is 0 Å². The number of aliphatic hydroxyl groups excluding tert-OH is 5. The standard InChI is InChI=1S/C20H35NO11/c1-10(24)21-5-3-7-29-17-11-4-2-6-28-18-12(8-22)31-20(15(26)14(18)25)32-19(16(17)27)13(9-23)30-11/h11-20,22-23,25-27H,2-9H2,1H3,(H,21,24)/t11-,12-,13-,14-,15-,16-,17+,18-,19?,20?/m1/s1. The molecular formula is C20H35NO11. The zero-order valence-electron chi connectivity index (χ0n) is 18.1. The molecule has 2 unspecified atom stereocenters. The van der Waals surface area contributed by atoms with Crippen LogP contribution in [0.15, 0.2) is 0 Å². The minimum Gasteiger partial charge on any atom is -0.394 e. The Hall–Kier alpha value is -0.930. The molecule has 12 heteroatoms. The van der Waals surface area contributed by atoms with Crippen LogP contribution in [-0.2, 0) is 28.5 Å². The Morgan fingerprint density at radius 3 is 2.41 bits per heavy atom. The first-order valence-corrected chi connectivity index (χ1v) is 11.1. The first-order valence-electron chi connectivity index (χ1n) is 11.1. The monoisotopic (exact) mass is 465 g/mol. The average molecular weight is 465 g/mol. The Morgan fingerprint density at radius 1 is 1.00 bits per heavy atom. The van der Waals surface area contributed by atoms with Gasteiger partial charge in [0, 0.05) is 26.7 Å². The van der Waals surface area contributed by atoms with Gasteiger partial charge in [-0.15, -0.1) is 0 Å². The molecule has 6 aliphatic heterocycles. The molecule has 0 spiro atoms. The van der Waals surface area contributed by atoms with Crippen molar-refractivity contribution in [1.29, 1.82) is 0 Å². The fraction of sp³-hybridized carbons (Fsp3) is 0.950. The van der Waals surface area contributed by atoms with Crippen molar-refractivity contribution in [1.82, 2.24) is 5.32 Å². The quantitative estimate of drug-likeness (QED) is 0.212. The smallest absolute Gasteiger partial charge is 0.216 e. The summed E-state index contributed by atoms with van der Waals surface area (Å²) in [4.78, 5) is 11.0. The van der Waals surface area contributed by atoms with Crippen LogP contribution in [0.3, 0.4) is 0 Å². The highest BCUT2D eigenvalue weighted by molar-refractivity contribution is 5.72. The zero-order chi connectivity index (χ0) is 23.3. The van der Waals surface area contributed by atoms with Gasteiger partial charge in [0.2, 0.25) is 5.91 Å². The lowest BCUT2D eigenvalue weighted by molar-refractivity contribution is -0.344. The van der Waals surface area contributed by atoms with Gasteiger partial charge in [-0.25, -0.2) is 0 Å². The lowest BCUT2D eigenvalue weighted by atomic mass is 9.92. The van der Waals surface area contributed by atoms with E-state index < -0.39 is 74.4 Å². The molecule has 0 saturated carbocycles. The van der Waals surface area contributed by atoms with Gasteiger partial charge in [-0.3, -0.25) is 4.79 Å². The largest absolute Gasteiger partial charge is 0.394 e. The van der Waals surface area contributed by atoms with Crippen LogP contribution in [0.1, 0.15) is 26.2 Å². The van der Waals surface area contributed by atoms with Gasteiger partial charge in [-0.05, 0) is 19.3 Å². The fourth-order valence-electron chi connectivity index (χ4n) is 4.35. The van der Waals surface area contributed by atoms with E-state index in [2.05, 4.69) is 5.32 Å². The van der Waals surface area contributed by atoms with Crippen molar-refractivity contribution in [3.8, 4) is 0 Å². The molecule has 0 aliphatic carbocycles. The summed E-state index contributed by atoms with van der Waals surface area (Å²) in [5.74, 6) is -0.148. The third-order valence-electron chi connectivity index (χ3n) is 6.00. The van der Waals surface area contributed by atoms with E-state index in [0.717, 1.165) is 0 Å². The Labute approximate surface area is 186 Å². The third kappa shape index (κ3) is 5.95. The van der Waals surface area contributed by atoms with Crippen LogP contribution in [0.25, 0.3) is 0 Å². The van der Waals surface area contributed by atoms with Crippen molar-refractivity contribution in [3.63, 3.8) is 0 Å². The van der Waals surface area contributed by atoms with E-state index >= 15 is 0 Å². The van der Waals surface area contributed by atoms with E-state index in [1.165, 1.54) is 6.92 Å². The molecule has 4 bridgehead atoms. The van der Waals surface area contributed by atoms with Gasteiger partial charge in [-0.2, -0.15) is 0 Å². The first-order chi connectivity index (χ1) is 15.4. The fourth-order valence-corrected chi connectivity index (χ4v) is 4.35. The molecule has 0 aromatic heterocycles. The van der Waals surface area contributed by atoms with E-state index in [0.29, 0.717) is 25.8 Å². The first kappa shape index (κ1) is 25.7. The summed E-state index contributed by atoms with van der Waals surface area (Å²) < 4.78 is 29.0. The molecular weight excluding hydrogens is 430 g/mol. The Balaban J connectivity index is 1.77. The number of hydrogen-bond acceptors (Lipinski definition) is 11. The summed E-state index contributed by atoms with van der Waals surface area (Å²) in [7, 11) is 0. The molecule has 6 heterocycles. The van der Waals surface area contributed by atoms with Crippen molar-refractivity contribution >= 4 is 5.91 Å². The van der Waals surface area contributed by atoms with Gasteiger partial charge >= 0.3 is 0 Å². The predicted octanol–water partition coefficient (Wildman–Crippen LogP) is -2.98. The van der Waals surface area contributed by atoms with Crippen LogP contribution < -0.4 is 5.32 Å². The molecule has 0 aromatic rings. The van der Waals surface area contributed by atoms with Gasteiger partial charge in [0.25, 0.3) is 0 Å². The number of hydrogen-bond donors (Lipinski definition) is 6. The van der Waals surface area contributed by atoms with Crippen LogP contribution >= 0.6 is 0 Å². The lowest BCUT2D eigenvalue weighted by Gasteiger charge is -2.47. The second-order valence-corrected chi connectivity index (χ2v) is 8.34. The van der Waals surface area contributed by atoms with E-state index in [9.17, 15) is 30.3 Å². The molecule has 0 aromatic carbocycles. The van der Waals surface area contributed by atoms with Crippen LogP contribution in [-0.4, -0.2) is 126 Å². The van der Waals surface area contributed by atoms with Crippen molar-refractivity contribution in [3.05, 3.63) is 0 Å². The zero-order valence-corrected chi connectivity index (χ0v) is 18.1. The topological polar surface area (TPSA) is 176 Å². The second kappa shape index (κ2) is 12.0. The second-order valence-electron chi connectivity index (χ2n) is 8.34. The van der Waals surface area contributed by atoms with Crippen LogP contribution in [0.4, 0.5) is 0 Å². The molecule has 32 heavy (non-hydrogen) atoms. The number of carbonyl (C=O) groups is 1. The number of rotatable bonds is 7. The van der Waals surface area contributed by atoms with Crippen LogP contribution in [0.2, 0.25) is 0 Å². The maximum absolute atomic E-state index is 11.1. The maximum Gasteiger partial charge on any atom is 0.216 e. The minimum absolute atomic E-state index is 0.148. The average Bonchev–Trinajstić information content (AvgIpc) is 2.79. The Bertz CT molecular complexity index is 594. The maximum atomic E-state index is 11.1. The minimum atomic E-state index is -1.51. The summed E-state index contributed by atoms with van der Waals surface area (Å²) in [6.45, 7) is 1.33. The molecule has 6 N–H and O–H groups in total. The van der Waals surface area contributed by atoms with E-state index in [1.807, 2.05) is 0 Å². The summed E-state index contributed by atoms with van der Waals surface area (Å²) in [6.07, 6.45) is -9.40. The third-order valence-corrected chi connectivity index (χ3v) is 6.00. The highest BCUT2D eigenvalue weighted by atomic mass is 16.7. The lowest BCUT2D eigenvalue weighted by Crippen LogP contribution is -2.64. The van der Waals surface area contributed by atoms with E-state index in [1.54, 1.807) is 0 Å². The molecule has 6 aliphatic rings. The van der Waals surface area contributed by atoms with Gasteiger partial charge in [0.15, 0.2) is 6.29 Å².